The van der Waals surface area contributed by atoms with E-state index in [-0.39, 0.29) is 6.04 Å². The molecule has 0 fully saturated rings. The number of ether oxygens (including phenoxy) is 1. The predicted octanol–water partition coefficient (Wildman–Crippen LogP) is 2.63. The van der Waals surface area contributed by atoms with Gasteiger partial charge in [-0.15, -0.1) is 0 Å². The molecule has 0 aliphatic rings. The molecule has 0 aliphatic heterocycles. The standard InChI is InChI=1S/C13H17NO3/c1-3-11-10(6-7-16-11)13(14)12-5-4-9(17-12)8-15-2/h4-7,13H,3,8,14H2,1-2H3. The summed E-state index contributed by atoms with van der Waals surface area (Å²) < 4.78 is 16.0. The minimum atomic E-state index is -0.283. The van der Waals surface area contributed by atoms with E-state index in [1.54, 1.807) is 13.4 Å². The Labute approximate surface area is 100 Å². The van der Waals surface area contributed by atoms with E-state index in [1.165, 1.54) is 0 Å². The normalized spacial score (nSPS) is 12.9. The second-order valence-electron chi connectivity index (χ2n) is 3.87. The summed E-state index contributed by atoms with van der Waals surface area (Å²) in [4.78, 5) is 0. The summed E-state index contributed by atoms with van der Waals surface area (Å²) in [6, 6.07) is 5.37. The molecular formula is C13H17NO3. The zero-order valence-electron chi connectivity index (χ0n) is 10.1. The van der Waals surface area contributed by atoms with Crippen molar-refractivity contribution in [2.75, 3.05) is 7.11 Å². The SMILES string of the molecule is CCc1occc1C(N)c1ccc(COC)o1. The second kappa shape index (κ2) is 5.21. The van der Waals surface area contributed by atoms with Crippen molar-refractivity contribution in [1.29, 1.82) is 0 Å². The van der Waals surface area contributed by atoms with Gasteiger partial charge in [0.15, 0.2) is 0 Å². The Bertz CT molecular complexity index is 472. The largest absolute Gasteiger partial charge is 0.469 e. The van der Waals surface area contributed by atoms with Gasteiger partial charge in [0.05, 0.1) is 12.3 Å². The highest BCUT2D eigenvalue weighted by atomic mass is 16.5. The highest BCUT2D eigenvalue weighted by Crippen LogP contribution is 2.25. The first-order chi connectivity index (χ1) is 8.26. The van der Waals surface area contributed by atoms with Crippen LogP contribution in [0, 0.1) is 0 Å². The Morgan fingerprint density at radius 2 is 2.18 bits per heavy atom. The van der Waals surface area contributed by atoms with Crippen molar-refractivity contribution in [3.63, 3.8) is 0 Å². The van der Waals surface area contributed by atoms with Crippen LogP contribution in [-0.4, -0.2) is 7.11 Å². The van der Waals surface area contributed by atoms with Crippen LogP contribution in [0.1, 0.15) is 35.8 Å². The lowest BCUT2D eigenvalue weighted by molar-refractivity contribution is 0.162. The zero-order chi connectivity index (χ0) is 12.3. The lowest BCUT2D eigenvalue weighted by Gasteiger charge is -2.08. The molecule has 2 heterocycles. The number of rotatable bonds is 5. The van der Waals surface area contributed by atoms with Gasteiger partial charge in [-0.25, -0.2) is 0 Å². The molecule has 0 aliphatic carbocycles. The fourth-order valence-corrected chi connectivity index (χ4v) is 1.85. The number of furan rings is 2. The zero-order valence-corrected chi connectivity index (χ0v) is 10.1. The Kier molecular flexibility index (Phi) is 3.66. The van der Waals surface area contributed by atoms with Crippen molar-refractivity contribution in [3.8, 4) is 0 Å². The van der Waals surface area contributed by atoms with Gasteiger partial charge in [0.1, 0.15) is 23.9 Å². The maximum Gasteiger partial charge on any atom is 0.129 e. The van der Waals surface area contributed by atoms with E-state index in [0.29, 0.717) is 6.61 Å². The van der Waals surface area contributed by atoms with Gasteiger partial charge in [0, 0.05) is 19.1 Å². The van der Waals surface area contributed by atoms with Crippen LogP contribution in [0.15, 0.2) is 33.3 Å². The van der Waals surface area contributed by atoms with E-state index < -0.39 is 0 Å². The summed E-state index contributed by atoms with van der Waals surface area (Å²) in [7, 11) is 1.63. The maximum atomic E-state index is 6.15. The van der Waals surface area contributed by atoms with E-state index in [9.17, 15) is 0 Å². The van der Waals surface area contributed by atoms with Crippen LogP contribution in [-0.2, 0) is 17.8 Å². The third-order valence-electron chi connectivity index (χ3n) is 2.71. The second-order valence-corrected chi connectivity index (χ2v) is 3.87. The predicted molar refractivity (Wildman–Crippen MR) is 63.5 cm³/mol. The number of aryl methyl sites for hydroxylation is 1. The highest BCUT2D eigenvalue weighted by molar-refractivity contribution is 5.28. The van der Waals surface area contributed by atoms with Gasteiger partial charge < -0.3 is 19.3 Å². The van der Waals surface area contributed by atoms with Gasteiger partial charge in [-0.2, -0.15) is 0 Å². The lowest BCUT2D eigenvalue weighted by Crippen LogP contribution is -2.11. The summed E-state index contributed by atoms with van der Waals surface area (Å²) in [5.41, 5.74) is 7.13. The summed E-state index contributed by atoms with van der Waals surface area (Å²) in [5, 5.41) is 0. The average molecular weight is 235 g/mol. The van der Waals surface area contributed by atoms with Crippen molar-refractivity contribution in [2.45, 2.75) is 26.0 Å². The topological polar surface area (TPSA) is 61.5 Å². The molecule has 17 heavy (non-hydrogen) atoms. The van der Waals surface area contributed by atoms with Gasteiger partial charge >= 0.3 is 0 Å². The van der Waals surface area contributed by atoms with Gasteiger partial charge in [-0.3, -0.25) is 0 Å². The van der Waals surface area contributed by atoms with Crippen LogP contribution in [0.3, 0.4) is 0 Å². The van der Waals surface area contributed by atoms with Gasteiger partial charge in [0.2, 0.25) is 0 Å². The molecule has 92 valence electrons. The van der Waals surface area contributed by atoms with E-state index in [4.69, 9.17) is 19.3 Å². The summed E-state index contributed by atoms with van der Waals surface area (Å²) >= 11 is 0. The fourth-order valence-electron chi connectivity index (χ4n) is 1.85. The van der Waals surface area contributed by atoms with Crippen molar-refractivity contribution in [1.82, 2.24) is 0 Å². The molecule has 2 aromatic heterocycles. The smallest absolute Gasteiger partial charge is 0.129 e. The van der Waals surface area contributed by atoms with Gasteiger partial charge in [-0.05, 0) is 18.2 Å². The Hall–Kier alpha value is -1.52. The minimum Gasteiger partial charge on any atom is -0.469 e. The molecule has 0 bridgehead atoms. The molecule has 4 nitrogen and oxygen atoms in total. The van der Waals surface area contributed by atoms with E-state index in [0.717, 1.165) is 29.3 Å². The monoisotopic (exact) mass is 235 g/mol. The maximum absolute atomic E-state index is 6.15. The molecule has 0 amide bonds. The Balaban J connectivity index is 2.21. The fraction of sp³-hybridized carbons (Fsp3) is 0.385. The van der Waals surface area contributed by atoms with Gasteiger partial charge in [0.25, 0.3) is 0 Å². The first-order valence-corrected chi connectivity index (χ1v) is 5.65. The molecule has 2 N–H and O–H groups in total. The molecule has 2 aromatic rings. The van der Waals surface area contributed by atoms with Crippen molar-refractivity contribution in [3.05, 3.63) is 47.3 Å². The number of hydrogen-bond donors (Lipinski definition) is 1. The highest BCUT2D eigenvalue weighted by Gasteiger charge is 2.18. The third-order valence-corrected chi connectivity index (χ3v) is 2.71. The first-order valence-electron chi connectivity index (χ1n) is 5.65. The molecule has 1 unspecified atom stereocenters. The molecular weight excluding hydrogens is 218 g/mol. The molecule has 2 rings (SSSR count). The lowest BCUT2D eigenvalue weighted by atomic mass is 10.1. The number of nitrogens with two attached hydrogens (primary N) is 1. The molecule has 0 aromatic carbocycles. The molecule has 4 heteroatoms. The quantitative estimate of drug-likeness (QED) is 0.865. The van der Waals surface area contributed by atoms with Crippen LogP contribution in [0.25, 0.3) is 0 Å². The molecule has 1 atom stereocenters. The third kappa shape index (κ3) is 2.43. The number of hydrogen-bond acceptors (Lipinski definition) is 4. The van der Waals surface area contributed by atoms with Crippen LogP contribution >= 0.6 is 0 Å². The van der Waals surface area contributed by atoms with Crippen LogP contribution in [0.5, 0.6) is 0 Å². The van der Waals surface area contributed by atoms with Crippen LogP contribution in [0.2, 0.25) is 0 Å². The van der Waals surface area contributed by atoms with Crippen LogP contribution in [0.4, 0.5) is 0 Å². The van der Waals surface area contributed by atoms with Crippen LogP contribution < -0.4 is 5.73 Å². The molecule has 0 spiro atoms. The van der Waals surface area contributed by atoms with Gasteiger partial charge in [-0.1, -0.05) is 6.92 Å². The van der Waals surface area contributed by atoms with Crippen molar-refractivity contribution >= 4 is 0 Å². The first kappa shape index (κ1) is 12.0. The van der Waals surface area contributed by atoms with E-state index >= 15 is 0 Å². The summed E-state index contributed by atoms with van der Waals surface area (Å²) in [5.74, 6) is 2.41. The number of methoxy groups -OCH3 is 1. The van der Waals surface area contributed by atoms with E-state index in [2.05, 4.69) is 0 Å². The van der Waals surface area contributed by atoms with E-state index in [1.807, 2.05) is 25.1 Å². The van der Waals surface area contributed by atoms with Crippen molar-refractivity contribution < 1.29 is 13.6 Å². The molecule has 0 radical (unpaired) electrons. The average Bonchev–Trinajstić information content (AvgIpc) is 2.96. The van der Waals surface area contributed by atoms with Crippen molar-refractivity contribution in [2.24, 2.45) is 5.73 Å². The summed E-state index contributed by atoms with van der Waals surface area (Å²) in [6.45, 7) is 2.49. The Morgan fingerprint density at radius 3 is 2.88 bits per heavy atom. The molecule has 0 saturated carbocycles. The Morgan fingerprint density at radius 1 is 1.35 bits per heavy atom. The minimum absolute atomic E-state index is 0.283. The molecule has 0 saturated heterocycles. The summed E-state index contributed by atoms with van der Waals surface area (Å²) in [6.07, 6.45) is 2.48.